The lowest BCUT2D eigenvalue weighted by atomic mass is 10.2. The van der Waals surface area contributed by atoms with Crippen LogP contribution in [0.4, 0.5) is 0 Å². The molecule has 150 valence electrons. The molecule has 0 spiro atoms. The van der Waals surface area contributed by atoms with Gasteiger partial charge in [-0.05, 0) is 26.0 Å². The smallest absolute Gasteiger partial charge is 0.250 e. The zero-order chi connectivity index (χ0) is 20.5. The molecule has 1 heterocycles. The van der Waals surface area contributed by atoms with Gasteiger partial charge in [-0.1, -0.05) is 54.2 Å². The molecule has 0 saturated heterocycles. The molecule has 1 amide bonds. The number of benzene rings is 2. The number of carbonyl (C=O) groups excluding carboxylic acids is 1. The second-order valence-corrected chi connectivity index (χ2v) is 6.91. The molecule has 8 heteroatoms. The number of para-hydroxylation sites is 1. The molecule has 0 aliphatic carbocycles. The highest BCUT2D eigenvalue weighted by atomic mass is 32.2. The lowest BCUT2D eigenvalue weighted by Gasteiger charge is -2.07. The van der Waals surface area contributed by atoms with Gasteiger partial charge in [-0.15, -0.1) is 10.2 Å². The van der Waals surface area contributed by atoms with Crippen LogP contribution in [0, 0.1) is 0 Å². The Morgan fingerprint density at radius 2 is 1.90 bits per heavy atom. The Balaban J connectivity index is 1.58. The molecular formula is C21H23N5O2S. The minimum Gasteiger partial charge on any atom is -0.493 e. The molecule has 3 aromatic rings. The summed E-state index contributed by atoms with van der Waals surface area (Å²) in [7, 11) is 0. The van der Waals surface area contributed by atoms with E-state index in [0.717, 1.165) is 22.7 Å². The Morgan fingerprint density at radius 1 is 1.14 bits per heavy atom. The average molecular weight is 410 g/mol. The quantitative estimate of drug-likeness (QED) is 0.332. The SMILES string of the molecule is CCOc1ccccc1C=NNC(=O)CSc1nnc(-c2ccccc2)n1CC. The van der Waals surface area contributed by atoms with Crippen molar-refractivity contribution in [3.8, 4) is 17.1 Å². The van der Waals surface area contributed by atoms with Crippen LogP contribution in [0.25, 0.3) is 11.4 Å². The van der Waals surface area contributed by atoms with Crippen LogP contribution in [0.5, 0.6) is 5.75 Å². The predicted molar refractivity (Wildman–Crippen MR) is 115 cm³/mol. The first-order chi connectivity index (χ1) is 14.2. The van der Waals surface area contributed by atoms with Crippen molar-refractivity contribution >= 4 is 23.9 Å². The Labute approximate surface area is 174 Å². The average Bonchev–Trinajstić information content (AvgIpc) is 3.17. The van der Waals surface area contributed by atoms with Crippen LogP contribution in [0.3, 0.4) is 0 Å². The van der Waals surface area contributed by atoms with E-state index in [-0.39, 0.29) is 11.7 Å². The maximum absolute atomic E-state index is 12.2. The normalized spacial score (nSPS) is 11.0. The number of nitrogens with one attached hydrogen (secondary N) is 1. The Morgan fingerprint density at radius 3 is 2.66 bits per heavy atom. The first-order valence-electron chi connectivity index (χ1n) is 9.38. The van der Waals surface area contributed by atoms with Gasteiger partial charge >= 0.3 is 0 Å². The standard InChI is InChI=1S/C21H23N5O2S/c1-3-26-20(16-10-6-5-7-11-16)24-25-21(26)29-15-19(27)23-22-14-17-12-8-9-13-18(17)28-4-2/h5-14H,3-4,15H2,1-2H3,(H,23,27). The molecule has 0 saturated carbocycles. The number of hydrogen-bond donors (Lipinski definition) is 1. The van der Waals surface area contributed by atoms with Crippen LogP contribution in [0.1, 0.15) is 19.4 Å². The third kappa shape index (κ3) is 5.45. The van der Waals surface area contributed by atoms with Crippen molar-refractivity contribution in [2.75, 3.05) is 12.4 Å². The monoisotopic (exact) mass is 409 g/mol. The first kappa shape index (κ1) is 20.6. The molecule has 2 aromatic carbocycles. The molecule has 0 atom stereocenters. The van der Waals surface area contributed by atoms with Crippen LogP contribution in [0.15, 0.2) is 64.9 Å². The summed E-state index contributed by atoms with van der Waals surface area (Å²) in [5.74, 6) is 1.50. The van der Waals surface area contributed by atoms with E-state index >= 15 is 0 Å². The van der Waals surface area contributed by atoms with Gasteiger partial charge in [-0.25, -0.2) is 5.43 Å². The number of amides is 1. The van der Waals surface area contributed by atoms with E-state index in [0.29, 0.717) is 18.3 Å². The maximum atomic E-state index is 12.2. The van der Waals surface area contributed by atoms with E-state index in [1.165, 1.54) is 11.8 Å². The molecule has 0 fully saturated rings. The molecule has 0 aliphatic rings. The number of hydrogen-bond acceptors (Lipinski definition) is 6. The zero-order valence-corrected chi connectivity index (χ0v) is 17.2. The molecule has 0 radical (unpaired) electrons. The molecule has 3 rings (SSSR count). The topological polar surface area (TPSA) is 81.4 Å². The van der Waals surface area contributed by atoms with E-state index in [2.05, 4.69) is 20.7 Å². The summed E-state index contributed by atoms with van der Waals surface area (Å²) in [6.07, 6.45) is 1.58. The molecule has 0 bridgehead atoms. The highest BCUT2D eigenvalue weighted by Crippen LogP contribution is 2.23. The number of ether oxygens (including phenoxy) is 1. The van der Waals surface area contributed by atoms with Gasteiger partial charge in [0.2, 0.25) is 0 Å². The summed E-state index contributed by atoms with van der Waals surface area (Å²) >= 11 is 1.33. The van der Waals surface area contributed by atoms with Gasteiger partial charge in [0.15, 0.2) is 11.0 Å². The van der Waals surface area contributed by atoms with Gasteiger partial charge in [-0.2, -0.15) is 5.10 Å². The Bertz CT molecular complexity index is 972. The minimum absolute atomic E-state index is 0.192. The minimum atomic E-state index is -0.216. The first-order valence-corrected chi connectivity index (χ1v) is 10.4. The predicted octanol–water partition coefficient (Wildman–Crippen LogP) is 3.61. The second kappa shape index (κ2) is 10.4. The Hall–Kier alpha value is -3.13. The van der Waals surface area contributed by atoms with Crippen LogP contribution in [-0.4, -0.2) is 39.2 Å². The van der Waals surface area contributed by atoms with Gasteiger partial charge in [0.25, 0.3) is 5.91 Å². The second-order valence-electron chi connectivity index (χ2n) is 5.97. The lowest BCUT2D eigenvalue weighted by molar-refractivity contribution is -0.118. The summed E-state index contributed by atoms with van der Waals surface area (Å²) < 4.78 is 7.53. The van der Waals surface area contributed by atoms with Crippen LogP contribution < -0.4 is 10.2 Å². The van der Waals surface area contributed by atoms with Crippen molar-refractivity contribution < 1.29 is 9.53 Å². The van der Waals surface area contributed by atoms with E-state index < -0.39 is 0 Å². The molecule has 0 unspecified atom stereocenters. The van der Waals surface area contributed by atoms with Gasteiger partial charge < -0.3 is 9.30 Å². The van der Waals surface area contributed by atoms with Crippen molar-refractivity contribution in [1.82, 2.24) is 20.2 Å². The van der Waals surface area contributed by atoms with Crippen LogP contribution in [0.2, 0.25) is 0 Å². The van der Waals surface area contributed by atoms with Gasteiger partial charge in [0.1, 0.15) is 5.75 Å². The van der Waals surface area contributed by atoms with Gasteiger partial charge in [0.05, 0.1) is 18.6 Å². The van der Waals surface area contributed by atoms with Crippen molar-refractivity contribution in [2.45, 2.75) is 25.5 Å². The van der Waals surface area contributed by atoms with Gasteiger partial charge in [0, 0.05) is 17.7 Å². The summed E-state index contributed by atoms with van der Waals surface area (Å²) in [4.78, 5) is 12.2. The van der Waals surface area contributed by atoms with Crippen LogP contribution in [-0.2, 0) is 11.3 Å². The number of carbonyl (C=O) groups is 1. The maximum Gasteiger partial charge on any atom is 0.250 e. The largest absolute Gasteiger partial charge is 0.493 e. The molecule has 1 N–H and O–H groups in total. The molecular weight excluding hydrogens is 386 g/mol. The molecule has 7 nitrogen and oxygen atoms in total. The van der Waals surface area contributed by atoms with E-state index in [1.807, 2.05) is 73.0 Å². The fourth-order valence-corrected chi connectivity index (χ4v) is 3.49. The van der Waals surface area contributed by atoms with Crippen molar-refractivity contribution in [1.29, 1.82) is 0 Å². The third-order valence-corrected chi connectivity index (χ3v) is 4.98. The molecule has 29 heavy (non-hydrogen) atoms. The van der Waals surface area contributed by atoms with Crippen molar-refractivity contribution in [3.05, 3.63) is 60.2 Å². The number of thioether (sulfide) groups is 1. The van der Waals surface area contributed by atoms with E-state index in [4.69, 9.17) is 4.74 Å². The molecule has 1 aromatic heterocycles. The summed E-state index contributed by atoms with van der Waals surface area (Å²) in [5.41, 5.74) is 4.35. The van der Waals surface area contributed by atoms with Crippen molar-refractivity contribution in [3.63, 3.8) is 0 Å². The number of rotatable bonds is 9. The number of aromatic nitrogens is 3. The van der Waals surface area contributed by atoms with E-state index in [1.54, 1.807) is 6.21 Å². The fourth-order valence-electron chi connectivity index (χ4n) is 2.69. The summed E-state index contributed by atoms with van der Waals surface area (Å²) in [6.45, 7) is 5.23. The highest BCUT2D eigenvalue weighted by Gasteiger charge is 2.14. The zero-order valence-electron chi connectivity index (χ0n) is 16.4. The lowest BCUT2D eigenvalue weighted by Crippen LogP contribution is -2.20. The summed E-state index contributed by atoms with van der Waals surface area (Å²) in [5, 5.41) is 13.2. The number of hydrazone groups is 1. The third-order valence-electron chi connectivity index (χ3n) is 4.01. The van der Waals surface area contributed by atoms with Gasteiger partial charge in [-0.3, -0.25) is 4.79 Å². The summed E-state index contributed by atoms with van der Waals surface area (Å²) in [6, 6.07) is 17.4. The highest BCUT2D eigenvalue weighted by molar-refractivity contribution is 7.99. The van der Waals surface area contributed by atoms with E-state index in [9.17, 15) is 4.79 Å². The number of nitrogens with zero attached hydrogens (tertiary/aromatic N) is 4. The van der Waals surface area contributed by atoms with Crippen molar-refractivity contribution in [2.24, 2.45) is 5.10 Å². The molecule has 0 aliphatic heterocycles. The fraction of sp³-hybridized carbons (Fsp3) is 0.238. The van der Waals surface area contributed by atoms with Crippen LogP contribution >= 0.6 is 11.8 Å². The Kier molecular flexibility index (Phi) is 7.40.